The van der Waals surface area contributed by atoms with Gasteiger partial charge in [0.1, 0.15) is 0 Å². The Morgan fingerprint density at radius 2 is 0.882 bits per heavy atom. The fourth-order valence-electron chi connectivity index (χ4n) is 3.89. The first-order valence-corrected chi connectivity index (χ1v) is 15.7. The molecule has 0 aromatic heterocycles. The van der Waals surface area contributed by atoms with E-state index < -0.39 is 40.2 Å². The Kier molecular flexibility index (Phi) is 11.7. The third kappa shape index (κ3) is 6.72. The zero-order chi connectivity index (χ0) is 27.1. The minimum absolute atomic E-state index is 0.0291. The fraction of sp³-hybridized carbons (Fsp3) is 1.00. The number of alkyl halides is 9. The van der Waals surface area contributed by atoms with Crippen molar-refractivity contribution in [2.75, 3.05) is 24.6 Å². The Morgan fingerprint density at radius 3 is 1.12 bits per heavy atom. The molecule has 0 radical (unpaired) electrons. The Bertz CT molecular complexity index is 697. The van der Waals surface area contributed by atoms with E-state index in [1.807, 2.05) is 0 Å². The maximum atomic E-state index is 14.6. The normalized spacial score (nSPS) is 15.9. The maximum absolute atomic E-state index is 14.6. The molecule has 0 fully saturated rings. The van der Waals surface area contributed by atoms with Gasteiger partial charge in [-0.1, -0.05) is 0 Å². The molecule has 0 rings (SSSR count). The second kappa shape index (κ2) is 11.8. The van der Waals surface area contributed by atoms with Crippen LogP contribution in [0.2, 0.25) is 0 Å². The summed E-state index contributed by atoms with van der Waals surface area (Å²) >= 11 is 0. The second-order valence-corrected chi connectivity index (χ2v) is 16.4. The van der Waals surface area contributed by atoms with Crippen molar-refractivity contribution in [1.82, 2.24) is 0 Å². The van der Waals surface area contributed by atoms with E-state index in [4.69, 9.17) is 3.97 Å². The Morgan fingerprint density at radius 1 is 0.588 bits per heavy atom. The van der Waals surface area contributed by atoms with Crippen molar-refractivity contribution in [2.24, 2.45) is 0 Å². The molecule has 14 heteroatoms. The average Bonchev–Trinajstić information content (AvgIpc) is 2.72. The van der Waals surface area contributed by atoms with E-state index in [-0.39, 0.29) is 24.6 Å². The van der Waals surface area contributed by atoms with Crippen LogP contribution in [0.25, 0.3) is 0 Å². The molecule has 0 aliphatic carbocycles. The fourth-order valence-corrected chi connectivity index (χ4v) is 13.9. The molecule has 0 spiro atoms. The van der Waals surface area contributed by atoms with Crippen LogP contribution < -0.4 is 0 Å². The van der Waals surface area contributed by atoms with Crippen LogP contribution in [0, 0.1) is 0 Å². The predicted molar refractivity (Wildman–Crippen MR) is 117 cm³/mol. The summed E-state index contributed by atoms with van der Waals surface area (Å²) < 4.78 is 152. The number of unbranched alkanes of at least 4 members (excludes halogenated alkanes) is 4. The number of hydrogen-bond donors (Lipinski definition) is 0. The summed E-state index contributed by atoms with van der Waals surface area (Å²) in [5, 5.41) is -6.82. The van der Waals surface area contributed by atoms with Crippen molar-refractivity contribution in [3.63, 3.8) is 0 Å². The van der Waals surface area contributed by atoms with Gasteiger partial charge in [-0.05, 0) is 0 Å². The van der Waals surface area contributed by atoms with E-state index in [0.29, 0.717) is 51.4 Å². The molecular formula is C20H36F9O3PS. The molecule has 3 nitrogen and oxygen atoms in total. The molecule has 0 atom stereocenters. The van der Waals surface area contributed by atoms with Gasteiger partial charge in [-0.3, -0.25) is 0 Å². The van der Waals surface area contributed by atoms with Crippen LogP contribution in [-0.4, -0.2) is 56.3 Å². The van der Waals surface area contributed by atoms with Crippen molar-refractivity contribution in [2.45, 2.75) is 102 Å². The molecule has 0 saturated heterocycles. The van der Waals surface area contributed by atoms with Gasteiger partial charge < -0.3 is 0 Å². The first-order chi connectivity index (χ1) is 15.3. The monoisotopic (exact) mass is 558 g/mol. The summed E-state index contributed by atoms with van der Waals surface area (Å²) in [7, 11) is -6.90. The zero-order valence-corrected chi connectivity index (χ0v) is 21.7. The summed E-state index contributed by atoms with van der Waals surface area (Å²) in [5.41, 5.74) is 0. The molecule has 208 valence electrons. The van der Waals surface area contributed by atoms with Gasteiger partial charge in [-0.15, -0.1) is 0 Å². The van der Waals surface area contributed by atoms with E-state index in [2.05, 4.69) is 0 Å². The van der Waals surface area contributed by atoms with E-state index in [0.717, 1.165) is 0 Å². The summed E-state index contributed by atoms with van der Waals surface area (Å²) in [6.45, 7) is 2.62. The summed E-state index contributed by atoms with van der Waals surface area (Å²) in [4.78, 5) is 0. The van der Waals surface area contributed by atoms with Gasteiger partial charge in [0.15, 0.2) is 0 Å². The predicted octanol–water partition coefficient (Wildman–Crippen LogP) is 8.43. The molecule has 0 bridgehead atoms. The third-order valence-electron chi connectivity index (χ3n) is 6.05. The van der Waals surface area contributed by atoms with E-state index in [1.165, 1.54) is 0 Å². The molecule has 0 N–H and O–H groups in total. The standard InChI is InChI=1S/C20H36F9O3PS/c1-5-9-13-33(14-10-6-2,15-11-7-3,16-12-8-4)32-34(30,31)20(28,29)18(23,24)17(21,22)19(25,26)27/h5-16H2,1-4H3. The summed E-state index contributed by atoms with van der Waals surface area (Å²) in [5.74, 6) is -14.6. The SMILES string of the molecule is CCCCP(CCCC)(CCCC)(CCCC)OS(=O)(=O)C(F)(F)C(F)(F)C(F)(F)C(F)(F)F. The van der Waals surface area contributed by atoms with Gasteiger partial charge in [0, 0.05) is 0 Å². The van der Waals surface area contributed by atoms with Crippen molar-refractivity contribution >= 4 is 16.9 Å². The first kappa shape index (κ1) is 33.7. The van der Waals surface area contributed by atoms with E-state index >= 15 is 0 Å². The number of rotatable bonds is 17. The van der Waals surface area contributed by atoms with Crippen LogP contribution in [0.4, 0.5) is 39.5 Å². The summed E-state index contributed by atoms with van der Waals surface area (Å²) in [6, 6.07) is 0. The Hall–Kier alpha value is -0.290. The van der Waals surface area contributed by atoms with Crippen LogP contribution in [0.5, 0.6) is 0 Å². The molecule has 0 unspecified atom stereocenters. The van der Waals surface area contributed by atoms with Gasteiger partial charge in [-0.25, -0.2) is 0 Å². The Labute approximate surface area is 196 Å². The first-order valence-electron chi connectivity index (χ1n) is 11.4. The number of halogens is 9. The molecule has 0 aliphatic heterocycles. The van der Waals surface area contributed by atoms with Crippen LogP contribution in [0.3, 0.4) is 0 Å². The molecule has 0 aliphatic rings. The van der Waals surface area contributed by atoms with E-state index in [1.54, 1.807) is 27.7 Å². The van der Waals surface area contributed by atoms with Gasteiger partial charge >= 0.3 is 196 Å². The topological polar surface area (TPSA) is 43.4 Å². The minimum atomic E-state index is -7.31. The molecule has 0 saturated carbocycles. The van der Waals surface area contributed by atoms with Crippen molar-refractivity contribution in [3.8, 4) is 0 Å². The van der Waals surface area contributed by atoms with Crippen LogP contribution in [-0.2, 0) is 14.1 Å². The van der Waals surface area contributed by atoms with Gasteiger partial charge in [0.25, 0.3) is 0 Å². The third-order valence-corrected chi connectivity index (χ3v) is 15.2. The van der Waals surface area contributed by atoms with Crippen molar-refractivity contribution < 1.29 is 51.9 Å². The molecule has 0 aromatic rings. The molecule has 0 amide bonds. The summed E-state index contributed by atoms with van der Waals surface area (Å²) in [6.07, 6.45) is -4.14. The van der Waals surface area contributed by atoms with Gasteiger partial charge in [0.05, 0.1) is 0 Å². The van der Waals surface area contributed by atoms with Crippen molar-refractivity contribution in [3.05, 3.63) is 0 Å². The van der Waals surface area contributed by atoms with E-state index in [9.17, 15) is 47.9 Å². The van der Waals surface area contributed by atoms with Crippen molar-refractivity contribution in [1.29, 1.82) is 0 Å². The molecule has 34 heavy (non-hydrogen) atoms. The average molecular weight is 559 g/mol. The van der Waals surface area contributed by atoms with Crippen LogP contribution >= 0.6 is 6.83 Å². The molecule has 0 aromatic carbocycles. The second-order valence-electron chi connectivity index (χ2n) is 8.86. The Balaban J connectivity index is 6.94. The number of hydrogen-bond acceptors (Lipinski definition) is 3. The van der Waals surface area contributed by atoms with Crippen LogP contribution in [0.1, 0.15) is 79.1 Å². The van der Waals surface area contributed by atoms with Gasteiger partial charge in [-0.2, -0.15) is 0 Å². The molecular weight excluding hydrogens is 522 g/mol. The van der Waals surface area contributed by atoms with Gasteiger partial charge in [0.2, 0.25) is 0 Å². The zero-order valence-electron chi connectivity index (χ0n) is 20.0. The van der Waals surface area contributed by atoms with Crippen LogP contribution in [0.15, 0.2) is 0 Å². The quantitative estimate of drug-likeness (QED) is 0.133. The molecule has 0 heterocycles.